The van der Waals surface area contributed by atoms with E-state index >= 15 is 0 Å². The summed E-state index contributed by atoms with van der Waals surface area (Å²) in [5.74, 6) is 0.622. The Morgan fingerprint density at radius 1 is 0.893 bits per heavy atom. The molecular weight excluding hydrogens is 348 g/mol. The van der Waals surface area contributed by atoms with Gasteiger partial charge in [-0.05, 0) is 60.7 Å². The molecule has 0 unspecified atom stereocenters. The number of pyridine rings is 1. The van der Waals surface area contributed by atoms with Crippen LogP contribution in [0.5, 0.6) is 0 Å². The molecule has 0 N–H and O–H groups in total. The minimum absolute atomic E-state index is 0.622. The predicted octanol–water partition coefficient (Wildman–Crippen LogP) is 3.79. The molecule has 2 aromatic heterocycles. The molecule has 0 radical (unpaired) electrons. The lowest BCUT2D eigenvalue weighted by molar-refractivity contribution is 0.122. The van der Waals surface area contributed by atoms with E-state index in [4.69, 9.17) is 4.74 Å². The highest BCUT2D eigenvalue weighted by Crippen LogP contribution is 2.35. The lowest BCUT2D eigenvalue weighted by Gasteiger charge is -2.34. The summed E-state index contributed by atoms with van der Waals surface area (Å²) in [6, 6.07) is 13.4. The summed E-state index contributed by atoms with van der Waals surface area (Å²) >= 11 is 0. The third kappa shape index (κ3) is 3.24. The van der Waals surface area contributed by atoms with Crippen molar-refractivity contribution in [2.75, 3.05) is 49.2 Å². The minimum Gasteiger partial charge on any atom is -0.378 e. The van der Waals surface area contributed by atoms with Gasteiger partial charge in [0.1, 0.15) is 5.65 Å². The third-order valence-corrected chi connectivity index (χ3v) is 6.29. The molecule has 0 aliphatic carbocycles. The number of benzene rings is 1. The summed E-state index contributed by atoms with van der Waals surface area (Å²) in [6.45, 7) is 5.86. The van der Waals surface area contributed by atoms with E-state index < -0.39 is 0 Å². The van der Waals surface area contributed by atoms with Crippen molar-refractivity contribution >= 4 is 22.4 Å². The van der Waals surface area contributed by atoms with Crippen LogP contribution in [0.25, 0.3) is 11.0 Å². The number of anilines is 2. The molecule has 2 fully saturated rings. The standard InChI is InChI=1S/C23H28N4O/c1-25-17-22(21-3-2-10-24-23(21)25)18-8-11-26(12-9-18)19-4-6-20(7-5-19)27-13-15-28-16-14-27/h2-7,10,17-18H,8-9,11-16H2,1H3. The van der Waals surface area contributed by atoms with E-state index in [1.807, 2.05) is 6.20 Å². The number of piperidine rings is 1. The van der Waals surface area contributed by atoms with Crippen molar-refractivity contribution in [2.24, 2.45) is 7.05 Å². The first kappa shape index (κ1) is 17.6. The maximum absolute atomic E-state index is 5.46. The van der Waals surface area contributed by atoms with Gasteiger partial charge in [-0.25, -0.2) is 4.98 Å². The summed E-state index contributed by atoms with van der Waals surface area (Å²) in [7, 11) is 2.10. The molecule has 2 aliphatic rings. The third-order valence-electron chi connectivity index (χ3n) is 6.29. The van der Waals surface area contributed by atoms with Gasteiger partial charge in [-0.15, -0.1) is 0 Å². The van der Waals surface area contributed by atoms with Gasteiger partial charge in [-0.2, -0.15) is 0 Å². The predicted molar refractivity (Wildman–Crippen MR) is 114 cm³/mol. The fourth-order valence-electron chi connectivity index (χ4n) is 4.71. The van der Waals surface area contributed by atoms with Gasteiger partial charge in [0.05, 0.1) is 13.2 Å². The monoisotopic (exact) mass is 376 g/mol. The number of aryl methyl sites for hydroxylation is 1. The van der Waals surface area contributed by atoms with Crippen molar-refractivity contribution in [1.29, 1.82) is 0 Å². The average molecular weight is 377 g/mol. The Morgan fingerprint density at radius 2 is 1.54 bits per heavy atom. The van der Waals surface area contributed by atoms with Crippen LogP contribution in [0.1, 0.15) is 24.3 Å². The van der Waals surface area contributed by atoms with Gasteiger partial charge in [0, 0.05) is 62.4 Å². The molecule has 146 valence electrons. The first-order valence-corrected chi connectivity index (χ1v) is 10.4. The van der Waals surface area contributed by atoms with Crippen LogP contribution in [0, 0.1) is 0 Å². The Kier molecular flexibility index (Phi) is 4.69. The van der Waals surface area contributed by atoms with Crippen molar-refractivity contribution in [3.63, 3.8) is 0 Å². The van der Waals surface area contributed by atoms with Gasteiger partial charge in [0.25, 0.3) is 0 Å². The van der Waals surface area contributed by atoms with Gasteiger partial charge >= 0.3 is 0 Å². The Morgan fingerprint density at radius 3 is 2.21 bits per heavy atom. The van der Waals surface area contributed by atoms with Crippen LogP contribution >= 0.6 is 0 Å². The van der Waals surface area contributed by atoms with Crippen LogP contribution < -0.4 is 9.80 Å². The van der Waals surface area contributed by atoms with Crippen molar-refractivity contribution < 1.29 is 4.74 Å². The molecule has 0 atom stereocenters. The number of aromatic nitrogens is 2. The molecule has 3 aromatic rings. The molecule has 5 rings (SSSR count). The highest BCUT2D eigenvalue weighted by atomic mass is 16.5. The molecule has 0 saturated carbocycles. The van der Waals surface area contributed by atoms with Crippen molar-refractivity contribution in [3.8, 4) is 0 Å². The lowest BCUT2D eigenvalue weighted by atomic mass is 9.89. The van der Waals surface area contributed by atoms with E-state index in [0.717, 1.165) is 45.0 Å². The van der Waals surface area contributed by atoms with Crippen LogP contribution in [0.2, 0.25) is 0 Å². The molecular formula is C23H28N4O. The number of rotatable bonds is 3. The largest absolute Gasteiger partial charge is 0.378 e. The van der Waals surface area contributed by atoms with E-state index in [1.54, 1.807) is 0 Å². The maximum Gasteiger partial charge on any atom is 0.139 e. The Bertz CT molecular complexity index is 935. The number of ether oxygens (including phenoxy) is 1. The fraction of sp³-hybridized carbons (Fsp3) is 0.435. The zero-order chi connectivity index (χ0) is 18.9. The van der Waals surface area contributed by atoms with E-state index in [2.05, 4.69) is 69.0 Å². The highest BCUT2D eigenvalue weighted by Gasteiger charge is 2.24. The van der Waals surface area contributed by atoms with E-state index in [9.17, 15) is 0 Å². The molecule has 5 heteroatoms. The number of hydrogen-bond donors (Lipinski definition) is 0. The summed E-state index contributed by atoms with van der Waals surface area (Å²) in [6.07, 6.45) is 6.56. The SMILES string of the molecule is Cn1cc(C2CCN(c3ccc(N4CCOCC4)cc3)CC2)c2cccnc21. The van der Waals surface area contributed by atoms with E-state index in [-0.39, 0.29) is 0 Å². The molecule has 0 spiro atoms. The van der Waals surface area contributed by atoms with Gasteiger partial charge in [0.2, 0.25) is 0 Å². The zero-order valence-corrected chi connectivity index (χ0v) is 16.6. The maximum atomic E-state index is 5.46. The number of hydrogen-bond acceptors (Lipinski definition) is 4. The van der Waals surface area contributed by atoms with Crippen LogP contribution in [0.15, 0.2) is 48.8 Å². The minimum atomic E-state index is 0.622. The summed E-state index contributed by atoms with van der Waals surface area (Å²) < 4.78 is 7.63. The second kappa shape index (κ2) is 7.47. The van der Waals surface area contributed by atoms with Gasteiger partial charge < -0.3 is 19.1 Å². The second-order valence-electron chi connectivity index (χ2n) is 7.95. The number of fused-ring (bicyclic) bond motifs is 1. The highest BCUT2D eigenvalue weighted by molar-refractivity contribution is 5.81. The van der Waals surface area contributed by atoms with Crippen molar-refractivity contribution in [1.82, 2.24) is 9.55 Å². The first-order chi connectivity index (χ1) is 13.8. The smallest absolute Gasteiger partial charge is 0.139 e. The van der Waals surface area contributed by atoms with Gasteiger partial charge in [0.15, 0.2) is 0 Å². The molecule has 2 saturated heterocycles. The Labute approximate surface area is 166 Å². The number of nitrogens with zero attached hydrogens (tertiary/aromatic N) is 4. The van der Waals surface area contributed by atoms with Crippen molar-refractivity contribution in [3.05, 3.63) is 54.4 Å². The van der Waals surface area contributed by atoms with Crippen LogP contribution in [0.4, 0.5) is 11.4 Å². The van der Waals surface area contributed by atoms with E-state index in [1.165, 1.54) is 35.2 Å². The molecule has 28 heavy (non-hydrogen) atoms. The summed E-state index contributed by atoms with van der Waals surface area (Å²) in [5, 5.41) is 1.32. The Hall–Kier alpha value is -2.53. The van der Waals surface area contributed by atoms with Crippen LogP contribution in [-0.2, 0) is 11.8 Å². The molecule has 0 bridgehead atoms. The van der Waals surface area contributed by atoms with Crippen LogP contribution in [-0.4, -0.2) is 48.9 Å². The number of morpholine rings is 1. The molecule has 1 aromatic carbocycles. The molecule has 5 nitrogen and oxygen atoms in total. The quantitative estimate of drug-likeness (QED) is 0.696. The normalized spacial score (nSPS) is 18.8. The Balaban J connectivity index is 1.26. The zero-order valence-electron chi connectivity index (χ0n) is 16.6. The van der Waals surface area contributed by atoms with Gasteiger partial charge in [-0.3, -0.25) is 0 Å². The summed E-state index contributed by atoms with van der Waals surface area (Å²) in [5.41, 5.74) is 5.21. The van der Waals surface area contributed by atoms with Crippen LogP contribution in [0.3, 0.4) is 0 Å². The molecule has 0 amide bonds. The lowest BCUT2D eigenvalue weighted by Crippen LogP contribution is -2.36. The second-order valence-corrected chi connectivity index (χ2v) is 7.95. The summed E-state index contributed by atoms with van der Waals surface area (Å²) in [4.78, 5) is 9.49. The van der Waals surface area contributed by atoms with Crippen molar-refractivity contribution in [2.45, 2.75) is 18.8 Å². The van der Waals surface area contributed by atoms with Gasteiger partial charge in [-0.1, -0.05) is 0 Å². The van der Waals surface area contributed by atoms with E-state index in [0.29, 0.717) is 5.92 Å². The topological polar surface area (TPSA) is 33.5 Å². The first-order valence-electron chi connectivity index (χ1n) is 10.4. The molecule has 2 aliphatic heterocycles. The fourth-order valence-corrected chi connectivity index (χ4v) is 4.71. The molecule has 4 heterocycles. The average Bonchev–Trinajstić information content (AvgIpc) is 3.11.